The van der Waals surface area contributed by atoms with E-state index >= 15 is 9.18 Å². The summed E-state index contributed by atoms with van der Waals surface area (Å²) in [5, 5.41) is 10.2. The van der Waals surface area contributed by atoms with Gasteiger partial charge in [0, 0.05) is 101 Å². The van der Waals surface area contributed by atoms with Gasteiger partial charge < -0.3 is 24.8 Å². The van der Waals surface area contributed by atoms with Crippen molar-refractivity contribution in [3.8, 4) is 17.6 Å². The highest BCUT2D eigenvalue weighted by Gasteiger charge is 2.69. The van der Waals surface area contributed by atoms with Crippen molar-refractivity contribution in [2.45, 2.75) is 139 Å². The highest BCUT2D eigenvalue weighted by Crippen LogP contribution is 2.64. The molecule has 6 atom stereocenters. The zero-order chi connectivity index (χ0) is 51.1. The minimum atomic E-state index is -0.829. The average Bonchev–Trinajstić information content (AvgIpc) is 4.26. The zero-order valence-corrected chi connectivity index (χ0v) is 42.9. The molecule has 74 heavy (non-hydrogen) atoms. The Morgan fingerprint density at radius 3 is 2.50 bits per heavy atom. The first kappa shape index (κ1) is 47.4. The number of piperidine rings is 2. The minimum absolute atomic E-state index is 0.0172. The monoisotopic (exact) mass is 1020 g/mol. The van der Waals surface area contributed by atoms with Gasteiger partial charge in [-0.15, -0.1) is 0 Å². The maximum absolute atomic E-state index is 16.9. The molecule has 0 bridgehead atoms. The lowest BCUT2D eigenvalue weighted by atomic mass is 9.54. The van der Waals surface area contributed by atoms with Crippen molar-refractivity contribution >= 4 is 52.5 Å². The Kier molecular flexibility index (Phi) is 11.0. The van der Waals surface area contributed by atoms with E-state index in [0.717, 1.165) is 85.9 Å². The number of likely N-dealkylation sites (tertiary alicyclic amines) is 1. The van der Waals surface area contributed by atoms with E-state index in [0.29, 0.717) is 60.1 Å². The smallest absolute Gasteiger partial charge is 0.255 e. The SMILES string of the molecule is C[C@@H]1CN(C(=O)[C@@H]2NC3(CCC(C)(C)CC3)[C@@]3(CNc4cc(C5CC5)ncc43)[C@H]2c2cccc(Cl)c2F)c2ccc(C(=O)N3CCC4(CC3)C[C@H]4C#Cc3cccc4c3CN([C@H]3CCC(=O)NC3=O)C4=O)cc2O1. The number of aromatic nitrogens is 1. The van der Waals surface area contributed by atoms with Crippen molar-refractivity contribution in [3.05, 3.63) is 117 Å². The van der Waals surface area contributed by atoms with Crippen molar-refractivity contribution in [2.24, 2.45) is 16.7 Å². The third kappa shape index (κ3) is 7.48. The molecule has 4 aromatic rings. The van der Waals surface area contributed by atoms with Crippen molar-refractivity contribution in [2.75, 3.05) is 36.4 Å². The number of nitrogens with zero attached hydrogens (tertiary/aromatic N) is 4. The van der Waals surface area contributed by atoms with E-state index < -0.39 is 40.7 Å². The Morgan fingerprint density at radius 2 is 1.73 bits per heavy atom. The van der Waals surface area contributed by atoms with Crippen LogP contribution in [-0.4, -0.2) is 94.2 Å². The second kappa shape index (κ2) is 17.1. The number of halogens is 2. The number of nitrogens with one attached hydrogen (secondary N) is 3. The number of amides is 5. The van der Waals surface area contributed by atoms with Crippen LogP contribution in [0.25, 0.3) is 0 Å². The fourth-order valence-corrected chi connectivity index (χ4v) is 14.5. The van der Waals surface area contributed by atoms with Gasteiger partial charge in [0.15, 0.2) is 0 Å². The quantitative estimate of drug-likeness (QED) is 0.132. The van der Waals surface area contributed by atoms with E-state index in [4.69, 9.17) is 21.3 Å². The molecule has 9 aliphatic rings. The van der Waals surface area contributed by atoms with Crippen LogP contribution in [0.5, 0.6) is 5.75 Å². The predicted octanol–water partition coefficient (Wildman–Crippen LogP) is 8.38. The number of fused-ring (bicyclic) bond motifs is 5. The Hall–Kier alpha value is -6.30. The second-order valence-electron chi connectivity index (χ2n) is 23.7. The van der Waals surface area contributed by atoms with Gasteiger partial charge in [0.2, 0.25) is 17.7 Å². The average molecular weight is 1020 g/mol. The molecule has 0 unspecified atom stereocenters. The van der Waals surface area contributed by atoms with Crippen LogP contribution in [0.1, 0.15) is 152 Å². The third-order valence-corrected chi connectivity index (χ3v) is 19.2. The fourth-order valence-electron chi connectivity index (χ4n) is 14.3. The maximum Gasteiger partial charge on any atom is 0.255 e. The number of ether oxygens (including phenoxy) is 1. The predicted molar refractivity (Wildman–Crippen MR) is 276 cm³/mol. The lowest BCUT2D eigenvalue weighted by Gasteiger charge is -2.51. The molecule has 3 aliphatic carbocycles. The maximum atomic E-state index is 16.9. The lowest BCUT2D eigenvalue weighted by molar-refractivity contribution is -0.137. The molecule has 13 rings (SSSR count). The van der Waals surface area contributed by atoms with Crippen LogP contribution in [0.4, 0.5) is 15.8 Å². The summed E-state index contributed by atoms with van der Waals surface area (Å²) in [7, 11) is 0. The summed E-state index contributed by atoms with van der Waals surface area (Å²) in [5.41, 5.74) is 5.55. The van der Waals surface area contributed by atoms with Gasteiger partial charge in [-0.2, -0.15) is 0 Å². The molecular weight excluding hydrogens is 957 g/mol. The van der Waals surface area contributed by atoms with E-state index in [2.05, 4.69) is 47.7 Å². The number of rotatable bonds is 5. The molecule has 13 nitrogen and oxygen atoms in total. The van der Waals surface area contributed by atoms with E-state index in [9.17, 15) is 19.2 Å². The molecule has 6 aliphatic heterocycles. The molecule has 3 N–H and O–H groups in total. The largest absolute Gasteiger partial charge is 0.487 e. The molecule has 3 saturated heterocycles. The van der Waals surface area contributed by atoms with Gasteiger partial charge in [-0.1, -0.05) is 55.5 Å². The van der Waals surface area contributed by atoms with Crippen LogP contribution in [0.3, 0.4) is 0 Å². The molecule has 1 aromatic heterocycles. The van der Waals surface area contributed by atoms with E-state index in [1.807, 2.05) is 36.2 Å². The summed E-state index contributed by atoms with van der Waals surface area (Å²) in [4.78, 5) is 78.2. The fraction of sp³-hybridized carbons (Fsp3) is 0.492. The van der Waals surface area contributed by atoms with Crippen molar-refractivity contribution in [1.82, 2.24) is 25.4 Å². The number of anilines is 2. The van der Waals surface area contributed by atoms with Crippen molar-refractivity contribution in [3.63, 3.8) is 0 Å². The molecular formula is C59H61ClFN7O6. The highest BCUT2D eigenvalue weighted by molar-refractivity contribution is 6.30. The lowest BCUT2D eigenvalue weighted by Crippen LogP contribution is -2.60. The van der Waals surface area contributed by atoms with Gasteiger partial charge >= 0.3 is 0 Å². The Bertz CT molecular complexity index is 3160. The molecule has 5 amide bonds. The molecule has 0 radical (unpaired) electrons. The van der Waals surface area contributed by atoms with Crippen LogP contribution >= 0.6 is 11.6 Å². The number of imide groups is 1. The van der Waals surface area contributed by atoms with Gasteiger partial charge in [-0.3, -0.25) is 39.6 Å². The van der Waals surface area contributed by atoms with Crippen LogP contribution in [0, 0.1) is 34.4 Å². The number of carbonyl (C=O) groups excluding carboxylic acids is 5. The summed E-state index contributed by atoms with van der Waals surface area (Å²) in [6, 6.07) is 16.8. The molecule has 3 spiro atoms. The van der Waals surface area contributed by atoms with Crippen LogP contribution in [-0.2, 0) is 26.3 Å². The second-order valence-corrected chi connectivity index (χ2v) is 24.1. The van der Waals surface area contributed by atoms with E-state index in [1.54, 1.807) is 46.2 Å². The normalized spacial score (nSPS) is 28.7. The van der Waals surface area contributed by atoms with Gasteiger partial charge in [0.25, 0.3) is 11.8 Å². The van der Waals surface area contributed by atoms with Crippen LogP contribution < -0.4 is 25.6 Å². The minimum Gasteiger partial charge on any atom is -0.487 e. The Balaban J connectivity index is 0.741. The van der Waals surface area contributed by atoms with Gasteiger partial charge in [-0.25, -0.2) is 4.39 Å². The first-order valence-corrected chi connectivity index (χ1v) is 27.1. The third-order valence-electron chi connectivity index (χ3n) is 18.9. The first-order chi connectivity index (χ1) is 35.6. The standard InChI is InChI=1S/C59H61ClFN7O6/c1-33-30-67(55(73)51-49(39-8-5-9-42(60)50(39)61)59(58(65-51)20-18-56(2,3)19-21-58)32-63-44-27-43(35-10-11-35)62-29-41(44)59)45-15-13-36(26-47(45)74-33)53(71)66-24-22-57(23-25-66)28-37(57)14-12-34-6-4-7-38-40(34)31-68(54(38)72)46-16-17-48(69)64-52(46)70/h4-9,13,15,26-27,29,33,35,37,46,49,51,63,65H,10-11,16-25,28,30-32H2,1-3H3,(H,64,69,70)/t33-,37-,46+,49+,51-,59-/m1/s1. The summed E-state index contributed by atoms with van der Waals surface area (Å²) >= 11 is 6.63. The number of carbonyl (C=O) groups is 5. The van der Waals surface area contributed by atoms with Gasteiger partial charge in [0.05, 0.1) is 23.3 Å². The number of benzene rings is 3. The van der Waals surface area contributed by atoms with Crippen molar-refractivity contribution in [1.29, 1.82) is 0 Å². The van der Waals surface area contributed by atoms with Gasteiger partial charge in [0.1, 0.15) is 23.7 Å². The number of hydrogen-bond donors (Lipinski definition) is 3. The molecule has 7 heterocycles. The molecule has 3 aromatic carbocycles. The summed E-state index contributed by atoms with van der Waals surface area (Å²) in [5.74, 6) is 5.57. The van der Waals surface area contributed by atoms with Gasteiger partial charge in [-0.05, 0) is 136 Å². The number of pyridine rings is 1. The summed E-state index contributed by atoms with van der Waals surface area (Å²) < 4.78 is 23.3. The first-order valence-electron chi connectivity index (χ1n) is 26.7. The Morgan fingerprint density at radius 1 is 0.946 bits per heavy atom. The van der Waals surface area contributed by atoms with E-state index in [1.165, 1.54) is 0 Å². The Labute approximate surface area is 435 Å². The zero-order valence-electron chi connectivity index (χ0n) is 42.1. The number of hydrogen-bond acceptors (Lipinski definition) is 9. The van der Waals surface area contributed by atoms with Crippen molar-refractivity contribution < 1.29 is 33.1 Å². The van der Waals surface area contributed by atoms with E-state index in [-0.39, 0.29) is 71.0 Å². The molecule has 15 heteroatoms. The summed E-state index contributed by atoms with van der Waals surface area (Å²) in [6.07, 6.45) is 10.4. The van der Waals surface area contributed by atoms with Crippen LogP contribution in [0.2, 0.25) is 5.02 Å². The highest BCUT2D eigenvalue weighted by atomic mass is 35.5. The topological polar surface area (TPSA) is 153 Å². The molecule has 6 fully saturated rings. The van der Waals surface area contributed by atoms with Crippen LogP contribution in [0.15, 0.2) is 66.9 Å². The summed E-state index contributed by atoms with van der Waals surface area (Å²) in [6.45, 7) is 8.78. The molecule has 382 valence electrons. The molecule has 3 saturated carbocycles.